The van der Waals surface area contributed by atoms with Gasteiger partial charge in [0.2, 0.25) is 0 Å². The molecule has 17 heavy (non-hydrogen) atoms. The van der Waals surface area contributed by atoms with Gasteiger partial charge in [-0.15, -0.1) is 0 Å². The minimum atomic E-state index is -1.25. The molecule has 1 fully saturated rings. The van der Waals surface area contributed by atoms with E-state index in [0.717, 1.165) is 12.0 Å². The van der Waals surface area contributed by atoms with Gasteiger partial charge in [0.05, 0.1) is 15.7 Å². The van der Waals surface area contributed by atoms with Crippen molar-refractivity contribution in [1.29, 1.82) is 0 Å². The Morgan fingerprint density at radius 3 is 2.71 bits per heavy atom. The molecule has 1 aromatic carbocycles. The average Bonchev–Trinajstić information content (AvgIpc) is 2.34. The van der Waals surface area contributed by atoms with Crippen LogP contribution in [0.5, 0.6) is 0 Å². The lowest BCUT2D eigenvalue weighted by molar-refractivity contribution is -0.129. The van der Waals surface area contributed by atoms with E-state index in [4.69, 9.17) is 15.7 Å². The van der Waals surface area contributed by atoms with E-state index in [9.17, 15) is 4.79 Å². The fourth-order valence-corrected chi connectivity index (χ4v) is 2.54. The maximum absolute atomic E-state index is 12.5. The minimum absolute atomic E-state index is 0.154. The van der Waals surface area contributed by atoms with E-state index >= 15 is 0 Å². The highest BCUT2D eigenvalue weighted by molar-refractivity contribution is 6.52. The Hall–Kier alpha value is -1.20. The number of nitrogens with one attached hydrogen (secondary N) is 1. The average molecular weight is 221 g/mol. The number of likely N-dealkylation sites (N-methyl/N-ethyl adjacent to an activating group) is 1. The first-order chi connectivity index (χ1) is 8.03. The molecule has 0 aromatic heterocycles. The van der Waals surface area contributed by atoms with Gasteiger partial charge in [-0.05, 0) is 42.4 Å². The van der Waals surface area contributed by atoms with E-state index in [-0.39, 0.29) is 5.78 Å². The summed E-state index contributed by atoms with van der Waals surface area (Å²) in [5.41, 5.74) is 0.0663. The van der Waals surface area contributed by atoms with Crippen molar-refractivity contribution in [2.45, 2.75) is 30.0 Å². The molecule has 1 aliphatic carbocycles. The molecule has 1 aliphatic rings. The second-order valence-corrected chi connectivity index (χ2v) is 4.60. The van der Waals surface area contributed by atoms with Crippen molar-refractivity contribution >= 4 is 21.5 Å². The maximum Gasteiger partial charge on any atom is 0.146 e. The number of rotatable bonds is 2. The molecule has 0 heterocycles. The predicted molar refractivity (Wildman–Crippen MR) is 67.9 cm³/mol. The number of carbonyl (C=O) groups is 1. The highest BCUT2D eigenvalue weighted by Gasteiger charge is 2.47. The Morgan fingerprint density at radius 1 is 1.35 bits per heavy atom. The largest absolute Gasteiger partial charge is 0.304 e. The monoisotopic (exact) mass is 221 g/mol. The minimum Gasteiger partial charge on any atom is -0.304 e. The van der Waals surface area contributed by atoms with Gasteiger partial charge in [0.1, 0.15) is 11.3 Å². The first kappa shape index (κ1) is 12.3. The van der Waals surface area contributed by atoms with E-state index in [1.807, 2.05) is 6.07 Å². The third-order valence-electron chi connectivity index (χ3n) is 3.53. The van der Waals surface area contributed by atoms with Crippen LogP contribution in [0.3, 0.4) is 0 Å². The second kappa shape index (κ2) is 4.23. The summed E-state index contributed by atoms with van der Waals surface area (Å²) >= 11 is 0. The van der Waals surface area contributed by atoms with Gasteiger partial charge in [-0.25, -0.2) is 0 Å². The van der Waals surface area contributed by atoms with Crippen molar-refractivity contribution in [3.8, 4) is 0 Å². The van der Waals surface area contributed by atoms with Crippen LogP contribution in [-0.4, -0.2) is 28.5 Å². The Kier molecular flexibility index (Phi) is 3.05. The Morgan fingerprint density at radius 2 is 2.12 bits per heavy atom. The lowest BCUT2D eigenvalue weighted by atomic mass is 9.44. The second-order valence-electron chi connectivity index (χ2n) is 4.60. The molecule has 2 rings (SSSR count). The van der Waals surface area contributed by atoms with E-state index in [1.165, 1.54) is 0 Å². The van der Waals surface area contributed by atoms with Crippen LogP contribution in [0.15, 0.2) is 18.2 Å². The van der Waals surface area contributed by atoms with E-state index in [1.54, 1.807) is 19.2 Å². The summed E-state index contributed by atoms with van der Waals surface area (Å²) in [5.74, 6) is -0.154. The van der Waals surface area contributed by atoms with Crippen molar-refractivity contribution in [3.63, 3.8) is 0 Å². The van der Waals surface area contributed by atoms with Gasteiger partial charge in [0.25, 0.3) is 0 Å². The fraction of sp³-hybridized carbons (Fsp3) is 0.462. The lowest BCUT2D eigenvalue weighted by Gasteiger charge is -2.44. The summed E-state index contributed by atoms with van der Waals surface area (Å²) in [6, 6.07) is 11.0. The van der Waals surface area contributed by atoms with Gasteiger partial charge in [0.15, 0.2) is 0 Å². The molecular weight excluding hydrogens is 208 g/mol. The van der Waals surface area contributed by atoms with Crippen LogP contribution in [-0.2, 0) is 10.3 Å². The molecule has 0 aliphatic heterocycles. The van der Waals surface area contributed by atoms with Crippen LogP contribution in [0.4, 0.5) is 0 Å². The molecule has 1 aromatic rings. The van der Waals surface area contributed by atoms with Crippen LogP contribution in [0.25, 0.3) is 0 Å². The smallest absolute Gasteiger partial charge is 0.146 e. The van der Waals surface area contributed by atoms with Crippen LogP contribution in [0.2, 0.25) is 5.21 Å². The van der Waals surface area contributed by atoms with Gasteiger partial charge in [-0.1, -0.05) is 25.0 Å². The molecule has 0 spiro atoms. The van der Waals surface area contributed by atoms with Crippen molar-refractivity contribution in [1.82, 2.24) is 5.32 Å². The van der Waals surface area contributed by atoms with Gasteiger partial charge in [-0.3, -0.25) is 4.79 Å². The summed E-state index contributed by atoms with van der Waals surface area (Å²) in [6.07, 6.45) is 2.05. The summed E-state index contributed by atoms with van der Waals surface area (Å²) in [7, 11) is 13.5. The number of ketones is 1. The molecular formula is C13H13B2NO. The van der Waals surface area contributed by atoms with Crippen LogP contribution >= 0.6 is 0 Å². The van der Waals surface area contributed by atoms with Gasteiger partial charge < -0.3 is 5.32 Å². The van der Waals surface area contributed by atoms with E-state index < -0.39 is 10.8 Å². The molecule has 82 valence electrons. The van der Waals surface area contributed by atoms with Crippen LogP contribution in [0, 0.1) is 12.1 Å². The molecule has 4 heteroatoms. The summed E-state index contributed by atoms with van der Waals surface area (Å²) in [6.45, 7) is 0. The summed E-state index contributed by atoms with van der Waals surface area (Å²) in [5, 5.41) is 1.85. The molecule has 0 bridgehead atoms. The molecule has 2 nitrogen and oxygen atoms in total. The first-order valence-electron chi connectivity index (χ1n) is 5.73. The first-order valence-corrected chi connectivity index (χ1v) is 5.73. The zero-order valence-electron chi connectivity index (χ0n) is 9.92. The third-order valence-corrected chi connectivity index (χ3v) is 3.53. The normalized spacial score (nSPS) is 27.5. The molecule has 0 unspecified atom stereocenters. The Labute approximate surface area is 105 Å². The lowest BCUT2D eigenvalue weighted by Crippen LogP contribution is -2.54. The SMILES string of the molecule is [B]C1([B])CCC[C@](NC)(c2cc#ccc2)C1=O. The number of hydrogen-bond acceptors (Lipinski definition) is 2. The molecule has 1 atom stereocenters. The number of Topliss-reactive ketones (excluding diaryl/α,β-unsaturated/α-hetero) is 1. The highest BCUT2D eigenvalue weighted by atomic mass is 16.1. The van der Waals surface area contributed by atoms with Crippen molar-refractivity contribution < 1.29 is 4.79 Å². The predicted octanol–water partition coefficient (Wildman–Crippen LogP) is 0.908. The zero-order valence-corrected chi connectivity index (χ0v) is 9.92. The topological polar surface area (TPSA) is 29.1 Å². The van der Waals surface area contributed by atoms with Crippen molar-refractivity contribution in [2.24, 2.45) is 0 Å². The molecule has 0 saturated heterocycles. The highest BCUT2D eigenvalue weighted by Crippen LogP contribution is 2.43. The van der Waals surface area contributed by atoms with Crippen LogP contribution in [0.1, 0.15) is 24.8 Å². The summed E-state index contributed by atoms with van der Waals surface area (Å²) in [4.78, 5) is 12.5. The van der Waals surface area contributed by atoms with Crippen LogP contribution < -0.4 is 5.32 Å². The third kappa shape index (κ3) is 1.89. The van der Waals surface area contributed by atoms with Crippen molar-refractivity contribution in [3.05, 3.63) is 35.9 Å². The quantitative estimate of drug-likeness (QED) is 0.751. The molecule has 1 saturated carbocycles. The molecule has 0 amide bonds. The van der Waals surface area contributed by atoms with E-state index in [2.05, 4.69) is 17.4 Å². The maximum atomic E-state index is 12.5. The Balaban J connectivity index is 2.48. The summed E-state index contributed by atoms with van der Waals surface area (Å²) < 4.78 is 0. The zero-order chi connectivity index (χ0) is 12.5. The Bertz CT molecular complexity index is 419. The van der Waals surface area contributed by atoms with E-state index in [0.29, 0.717) is 12.8 Å². The van der Waals surface area contributed by atoms with Gasteiger partial charge >= 0.3 is 0 Å². The fourth-order valence-electron chi connectivity index (χ4n) is 2.54. The van der Waals surface area contributed by atoms with Gasteiger partial charge in [-0.2, -0.15) is 0 Å². The molecule has 4 radical (unpaired) electrons. The standard InChI is InChI=1S/C13H13B2NO/c1-16-12(10-6-3-2-4-7-10)8-5-9-13(14,15)11(12)17/h3,6-7,16H,5,8-9H2,1H3/t12-/m0/s1. The number of carbonyl (C=O) groups excluding carboxylic acids is 1. The number of hydrogen-bond donors (Lipinski definition) is 1. The molecule has 1 N–H and O–H groups in total. The van der Waals surface area contributed by atoms with Gasteiger partial charge in [0, 0.05) is 0 Å². The van der Waals surface area contributed by atoms with Crippen molar-refractivity contribution in [2.75, 3.05) is 7.05 Å².